The normalized spacial score (nSPS) is 34.8. The van der Waals surface area contributed by atoms with Crippen molar-refractivity contribution in [1.29, 1.82) is 0 Å². The van der Waals surface area contributed by atoms with Crippen LogP contribution in [0.25, 0.3) is 0 Å². The van der Waals surface area contributed by atoms with Crippen LogP contribution in [0.5, 0.6) is 0 Å². The lowest BCUT2D eigenvalue weighted by atomic mass is 9.46. The number of nitrogens with one attached hydrogen (secondary N) is 2. The summed E-state index contributed by atoms with van der Waals surface area (Å²) in [5, 5.41) is 18.6. The van der Waals surface area contributed by atoms with Crippen molar-refractivity contribution in [2.75, 3.05) is 6.61 Å². The maximum atomic E-state index is 12.4. The van der Waals surface area contributed by atoms with Gasteiger partial charge in [0.2, 0.25) is 5.91 Å². The molecule has 0 aliphatic heterocycles. The minimum Gasteiger partial charge on any atom is -0.480 e. The number of amides is 2. The lowest BCUT2D eigenvalue weighted by Crippen LogP contribution is -2.51. The molecule has 0 aromatic heterocycles. The van der Waals surface area contributed by atoms with Crippen molar-refractivity contribution in [2.24, 2.45) is 39.7 Å². The first-order valence-electron chi connectivity index (χ1n) is 15.6. The van der Waals surface area contributed by atoms with Crippen LogP contribution in [0.2, 0.25) is 0 Å². The van der Waals surface area contributed by atoms with Gasteiger partial charge in [0.25, 0.3) is 5.91 Å². The molecule has 8 atom stereocenters. The fourth-order valence-corrected chi connectivity index (χ4v) is 8.80. The number of carbonyl (C=O) groups excluding carboxylic acids is 3. The second-order valence-electron chi connectivity index (χ2n) is 13.5. The van der Waals surface area contributed by atoms with Gasteiger partial charge in [0.15, 0.2) is 6.61 Å². The van der Waals surface area contributed by atoms with Crippen molar-refractivity contribution in [1.82, 2.24) is 10.6 Å². The van der Waals surface area contributed by atoms with Gasteiger partial charge in [-0.15, -0.1) is 0 Å². The Bertz CT molecular complexity index is 1100. The molecule has 3 fully saturated rings. The summed E-state index contributed by atoms with van der Waals surface area (Å²) in [5.41, 5.74) is 2.57. The molecule has 9 nitrogen and oxygen atoms in total. The Morgan fingerprint density at radius 2 is 1.83 bits per heavy atom. The van der Waals surface area contributed by atoms with Gasteiger partial charge in [-0.1, -0.05) is 44.3 Å². The Kier molecular flexibility index (Phi) is 9.64. The van der Waals surface area contributed by atoms with E-state index in [1.54, 1.807) is 6.92 Å². The number of rotatable bonds is 11. The SMILES string of the molecule is CCCC[C@H](NC(=O)[C@H](C)NC(=O)CO/N=C1/C=C2CC[C@@H]3[C@@H]4CC[C@H](C(C)=O)[C@@]4(C)CC[C@@H]3[C@@]2(C)CC1)C(=O)O. The third-order valence-electron chi connectivity index (χ3n) is 11.1. The molecule has 0 heterocycles. The van der Waals surface area contributed by atoms with Gasteiger partial charge in [0.05, 0.1) is 5.71 Å². The number of carbonyl (C=O) groups is 4. The van der Waals surface area contributed by atoms with E-state index in [-0.39, 0.29) is 23.4 Å². The number of unbranched alkanes of at least 4 members (excludes halogenated alkanes) is 1. The average molecular weight is 572 g/mol. The molecule has 0 bridgehead atoms. The molecule has 4 aliphatic rings. The van der Waals surface area contributed by atoms with Crippen LogP contribution < -0.4 is 10.6 Å². The molecule has 0 saturated heterocycles. The number of oxime groups is 1. The summed E-state index contributed by atoms with van der Waals surface area (Å²) >= 11 is 0. The van der Waals surface area contributed by atoms with E-state index in [0.717, 1.165) is 50.7 Å². The second-order valence-corrected chi connectivity index (χ2v) is 13.5. The second kappa shape index (κ2) is 12.7. The van der Waals surface area contributed by atoms with Crippen molar-refractivity contribution in [3.05, 3.63) is 11.6 Å². The Morgan fingerprint density at radius 1 is 1.07 bits per heavy atom. The van der Waals surface area contributed by atoms with Crippen LogP contribution in [0, 0.1) is 34.5 Å². The van der Waals surface area contributed by atoms with Gasteiger partial charge in [-0.05, 0) is 106 Å². The van der Waals surface area contributed by atoms with Crippen molar-refractivity contribution in [3.8, 4) is 0 Å². The van der Waals surface area contributed by atoms with Crippen LogP contribution in [0.1, 0.15) is 105 Å². The van der Waals surface area contributed by atoms with Gasteiger partial charge in [-0.3, -0.25) is 14.4 Å². The summed E-state index contributed by atoms with van der Waals surface area (Å²) in [6.07, 6.45) is 12.6. The fourth-order valence-electron chi connectivity index (χ4n) is 8.80. The quantitative estimate of drug-likeness (QED) is 0.305. The number of nitrogens with zero attached hydrogens (tertiary/aromatic N) is 1. The highest BCUT2D eigenvalue weighted by molar-refractivity contribution is 5.96. The number of allylic oxidation sites excluding steroid dienone is 2. The number of carboxylic acids is 1. The molecular formula is C32H49N3O6. The van der Waals surface area contributed by atoms with Crippen LogP contribution in [0.4, 0.5) is 0 Å². The van der Waals surface area contributed by atoms with Crippen molar-refractivity contribution in [2.45, 2.75) is 117 Å². The first-order valence-corrected chi connectivity index (χ1v) is 15.6. The molecular weight excluding hydrogens is 522 g/mol. The maximum absolute atomic E-state index is 12.4. The van der Waals surface area contributed by atoms with E-state index in [0.29, 0.717) is 36.4 Å². The van der Waals surface area contributed by atoms with Crippen LogP contribution in [-0.4, -0.2) is 53.1 Å². The predicted octanol–water partition coefficient (Wildman–Crippen LogP) is 4.79. The summed E-state index contributed by atoms with van der Waals surface area (Å²) in [6.45, 7) is 9.73. The van der Waals surface area contributed by atoms with Gasteiger partial charge < -0.3 is 20.6 Å². The molecule has 0 aromatic carbocycles. The first kappa shape index (κ1) is 31.2. The first-order chi connectivity index (χ1) is 19.4. The highest BCUT2D eigenvalue weighted by Gasteiger charge is 2.59. The summed E-state index contributed by atoms with van der Waals surface area (Å²) in [6, 6.07) is -1.86. The van der Waals surface area contributed by atoms with E-state index in [1.165, 1.54) is 25.3 Å². The Labute approximate surface area is 244 Å². The van der Waals surface area contributed by atoms with Gasteiger partial charge in [-0.25, -0.2) is 4.79 Å². The Balaban J connectivity index is 1.30. The average Bonchev–Trinajstić information content (AvgIpc) is 3.28. The number of hydrogen-bond acceptors (Lipinski definition) is 6. The van der Waals surface area contributed by atoms with Crippen LogP contribution >= 0.6 is 0 Å². The van der Waals surface area contributed by atoms with E-state index >= 15 is 0 Å². The highest BCUT2D eigenvalue weighted by atomic mass is 16.6. The number of ketones is 1. The van der Waals surface area contributed by atoms with E-state index < -0.39 is 29.9 Å². The molecule has 0 spiro atoms. The molecule has 3 N–H and O–H groups in total. The third-order valence-corrected chi connectivity index (χ3v) is 11.1. The molecule has 4 aliphatic carbocycles. The minimum absolute atomic E-state index is 0.142. The smallest absolute Gasteiger partial charge is 0.326 e. The molecule has 3 saturated carbocycles. The zero-order valence-corrected chi connectivity index (χ0v) is 25.5. The predicted molar refractivity (Wildman–Crippen MR) is 156 cm³/mol. The van der Waals surface area contributed by atoms with Gasteiger partial charge in [-0.2, -0.15) is 0 Å². The van der Waals surface area contributed by atoms with Crippen LogP contribution in [-0.2, 0) is 24.0 Å². The van der Waals surface area contributed by atoms with E-state index in [1.807, 2.05) is 6.92 Å². The lowest BCUT2D eigenvalue weighted by Gasteiger charge is -2.58. The molecule has 9 heteroatoms. The molecule has 0 unspecified atom stereocenters. The van der Waals surface area contributed by atoms with Gasteiger partial charge >= 0.3 is 5.97 Å². The number of Topliss-reactive ketones (excluding diaryl/α,β-unsaturated/α-hetero) is 1. The number of aliphatic carboxylic acids is 1. The summed E-state index contributed by atoms with van der Waals surface area (Å²) in [4.78, 5) is 53.9. The molecule has 228 valence electrons. The van der Waals surface area contributed by atoms with Crippen LogP contribution in [0.3, 0.4) is 0 Å². The van der Waals surface area contributed by atoms with Crippen molar-refractivity contribution < 1.29 is 29.1 Å². The van der Waals surface area contributed by atoms with Crippen molar-refractivity contribution in [3.63, 3.8) is 0 Å². The van der Waals surface area contributed by atoms with E-state index in [9.17, 15) is 24.3 Å². The van der Waals surface area contributed by atoms with E-state index in [2.05, 4.69) is 35.7 Å². The summed E-state index contributed by atoms with van der Waals surface area (Å²) in [7, 11) is 0. The molecule has 0 radical (unpaired) electrons. The highest BCUT2D eigenvalue weighted by Crippen LogP contribution is 2.66. The largest absolute Gasteiger partial charge is 0.480 e. The van der Waals surface area contributed by atoms with Crippen molar-refractivity contribution >= 4 is 29.3 Å². The Morgan fingerprint density at radius 3 is 2.51 bits per heavy atom. The standard InChI is InChI=1S/C32H49N3O6/c1-6-7-8-27(30(39)40)34-29(38)19(2)33-28(37)18-41-35-22-13-15-31(4)21(17-22)9-10-23-25-12-11-24(20(3)36)32(25,5)16-14-26(23)31/h17,19,23-27H,6-16,18H2,1-5H3,(H,33,37)(H,34,38)(H,39,40)/b35-22+/t19-,23+,24+,25-,26-,27-,31-,32+/m0/s1. The molecule has 41 heavy (non-hydrogen) atoms. The maximum Gasteiger partial charge on any atom is 0.326 e. The zero-order valence-electron chi connectivity index (χ0n) is 25.5. The molecule has 4 rings (SSSR count). The summed E-state index contributed by atoms with van der Waals surface area (Å²) < 4.78 is 0. The van der Waals surface area contributed by atoms with Gasteiger partial charge in [0.1, 0.15) is 17.9 Å². The minimum atomic E-state index is -1.09. The zero-order chi connectivity index (χ0) is 29.9. The fraction of sp³-hybridized carbons (Fsp3) is 0.781. The lowest BCUT2D eigenvalue weighted by molar-refractivity contribution is -0.142. The number of carboxylic acid groups (broad SMARTS) is 1. The van der Waals surface area contributed by atoms with Crippen LogP contribution in [0.15, 0.2) is 16.8 Å². The van der Waals surface area contributed by atoms with E-state index in [4.69, 9.17) is 4.84 Å². The number of fused-ring (bicyclic) bond motifs is 5. The topological polar surface area (TPSA) is 134 Å². The van der Waals surface area contributed by atoms with Gasteiger partial charge in [0, 0.05) is 5.92 Å². The monoisotopic (exact) mass is 571 g/mol. The number of hydrogen-bond donors (Lipinski definition) is 3. The molecule has 0 aromatic rings. The Hall–Kier alpha value is -2.71. The summed E-state index contributed by atoms with van der Waals surface area (Å²) in [5.74, 6) is 0.427. The third kappa shape index (κ3) is 6.38. The molecule has 2 amide bonds.